The minimum Gasteiger partial charge on any atom is -0.543 e. The number of aliphatic carboxylic acids is 1. The molecule has 0 radical (unpaired) electrons. The van der Waals surface area contributed by atoms with Gasteiger partial charge < -0.3 is 9.53 Å². The molecule has 1 aromatic rings. The molecule has 0 fully saturated rings. The number of hydrogen-bond acceptors (Lipinski definition) is 2. The van der Waals surface area contributed by atoms with Gasteiger partial charge in [-0.2, -0.15) is 0 Å². The van der Waals surface area contributed by atoms with Gasteiger partial charge >= 0.3 is 5.97 Å². The van der Waals surface area contributed by atoms with Gasteiger partial charge in [-0.25, -0.2) is 0 Å². The zero-order chi connectivity index (χ0) is 15.7. The largest absolute Gasteiger partial charge is 0.543 e. The van der Waals surface area contributed by atoms with Crippen molar-refractivity contribution in [2.24, 2.45) is 0 Å². The number of aryl methyl sites for hydroxylation is 2. The molecule has 112 valence electrons. The second-order valence-corrected chi connectivity index (χ2v) is 11.7. The molecule has 1 aromatic carbocycles. The normalized spacial score (nSPS) is 12.3. The summed E-state index contributed by atoms with van der Waals surface area (Å²) in [4.78, 5) is 10.9. The second-order valence-electron chi connectivity index (χ2n) is 6.97. The van der Waals surface area contributed by atoms with Gasteiger partial charge in [-0.1, -0.05) is 20.8 Å². The molecule has 3 nitrogen and oxygen atoms in total. The van der Waals surface area contributed by atoms with Gasteiger partial charge in [-0.15, -0.1) is 0 Å². The van der Waals surface area contributed by atoms with Gasteiger partial charge in [-0.3, -0.25) is 4.79 Å². The molecule has 1 N–H and O–H groups in total. The molecule has 0 atom stereocenters. The summed E-state index contributed by atoms with van der Waals surface area (Å²) in [6, 6.07) is 3.93. The van der Waals surface area contributed by atoms with E-state index in [2.05, 4.69) is 33.9 Å². The number of benzene rings is 1. The zero-order valence-corrected chi connectivity index (χ0v) is 14.6. The number of rotatable bonds is 4. The molecule has 4 heteroatoms. The molecule has 1 rings (SSSR count). The Morgan fingerprint density at radius 3 is 2.00 bits per heavy atom. The Bertz CT molecular complexity index is 490. The van der Waals surface area contributed by atoms with Crippen LogP contribution >= 0.6 is 0 Å². The molecule has 0 saturated heterocycles. The molecule has 0 aliphatic carbocycles. The van der Waals surface area contributed by atoms with Crippen LogP contribution in [0.15, 0.2) is 12.1 Å². The third kappa shape index (κ3) is 3.85. The van der Waals surface area contributed by atoms with Crippen LogP contribution in [0.4, 0.5) is 0 Å². The van der Waals surface area contributed by atoms with Crippen molar-refractivity contribution in [3.63, 3.8) is 0 Å². The highest BCUT2D eigenvalue weighted by Gasteiger charge is 2.39. The average Bonchev–Trinajstić information content (AvgIpc) is 2.20. The minimum absolute atomic E-state index is 0.0675. The lowest BCUT2D eigenvalue weighted by molar-refractivity contribution is -0.136. The fraction of sp³-hybridized carbons (Fsp3) is 0.562. The van der Waals surface area contributed by atoms with Crippen molar-refractivity contribution >= 4 is 14.3 Å². The van der Waals surface area contributed by atoms with Crippen molar-refractivity contribution in [2.75, 3.05) is 0 Å². The van der Waals surface area contributed by atoms with E-state index in [0.29, 0.717) is 0 Å². The first-order valence-electron chi connectivity index (χ1n) is 6.95. The van der Waals surface area contributed by atoms with Crippen LogP contribution in [0, 0.1) is 13.8 Å². The van der Waals surface area contributed by atoms with E-state index in [0.717, 1.165) is 22.4 Å². The van der Waals surface area contributed by atoms with Crippen molar-refractivity contribution in [2.45, 2.75) is 59.2 Å². The molecule has 0 aromatic heterocycles. The summed E-state index contributed by atoms with van der Waals surface area (Å²) in [6.45, 7) is 14.9. The van der Waals surface area contributed by atoms with E-state index < -0.39 is 14.3 Å². The van der Waals surface area contributed by atoms with E-state index in [-0.39, 0.29) is 11.5 Å². The molecule has 0 bridgehead atoms. The van der Waals surface area contributed by atoms with Crippen LogP contribution in [0.25, 0.3) is 0 Å². The van der Waals surface area contributed by atoms with Crippen LogP contribution in [0.3, 0.4) is 0 Å². The van der Waals surface area contributed by atoms with Crippen LogP contribution in [0.1, 0.15) is 37.5 Å². The van der Waals surface area contributed by atoms with Crippen LogP contribution in [0.5, 0.6) is 5.75 Å². The SMILES string of the molecule is Cc1cc(O[Si](C)(C)C(C)(C)C)cc(C)c1CC(=O)O. The third-order valence-corrected chi connectivity index (χ3v) is 8.54. The lowest BCUT2D eigenvalue weighted by Gasteiger charge is -2.36. The molecular formula is C16H26O3Si. The summed E-state index contributed by atoms with van der Waals surface area (Å²) in [6.07, 6.45) is 0.0675. The van der Waals surface area contributed by atoms with Crippen LogP contribution < -0.4 is 4.43 Å². The fourth-order valence-electron chi connectivity index (χ4n) is 1.89. The maximum Gasteiger partial charge on any atom is 0.307 e. The summed E-state index contributed by atoms with van der Waals surface area (Å²) in [5, 5.41) is 9.10. The maximum atomic E-state index is 10.9. The van der Waals surface area contributed by atoms with Crippen LogP contribution in [-0.2, 0) is 11.2 Å². The van der Waals surface area contributed by atoms with Gasteiger partial charge in [0, 0.05) is 0 Å². The molecule has 0 heterocycles. The standard InChI is InChI=1S/C16H26O3Si/c1-11-8-13(19-20(6,7)16(3,4)5)9-12(2)14(11)10-15(17)18/h8-9H,10H2,1-7H3,(H,17,18). The monoisotopic (exact) mass is 294 g/mol. The van der Waals surface area contributed by atoms with Crippen LogP contribution in [0.2, 0.25) is 18.1 Å². The Labute approximate surface area is 123 Å². The minimum atomic E-state index is -1.86. The summed E-state index contributed by atoms with van der Waals surface area (Å²) < 4.78 is 6.28. The van der Waals surface area contributed by atoms with E-state index in [9.17, 15) is 4.79 Å². The number of carboxylic acid groups (broad SMARTS) is 1. The van der Waals surface area contributed by atoms with Crippen molar-refractivity contribution in [1.29, 1.82) is 0 Å². The van der Waals surface area contributed by atoms with E-state index in [1.807, 2.05) is 26.0 Å². The van der Waals surface area contributed by atoms with Gasteiger partial charge in [0.25, 0.3) is 0 Å². The second kappa shape index (κ2) is 5.60. The van der Waals surface area contributed by atoms with Crippen LogP contribution in [-0.4, -0.2) is 19.4 Å². The van der Waals surface area contributed by atoms with Gasteiger partial charge in [0.05, 0.1) is 6.42 Å². The summed E-state index contributed by atoms with van der Waals surface area (Å²) >= 11 is 0. The molecule has 0 aliphatic heterocycles. The molecular weight excluding hydrogens is 268 g/mol. The Hall–Kier alpha value is -1.29. The molecule has 0 amide bonds. The predicted octanol–water partition coefficient (Wildman–Crippen LogP) is 4.31. The maximum absolute atomic E-state index is 10.9. The first-order valence-corrected chi connectivity index (χ1v) is 9.86. The van der Waals surface area contributed by atoms with E-state index in [1.54, 1.807) is 0 Å². The third-order valence-electron chi connectivity index (χ3n) is 4.18. The van der Waals surface area contributed by atoms with E-state index >= 15 is 0 Å². The summed E-state index contributed by atoms with van der Waals surface area (Å²) in [5.41, 5.74) is 2.86. The van der Waals surface area contributed by atoms with Gasteiger partial charge in [0.1, 0.15) is 5.75 Å². The van der Waals surface area contributed by atoms with E-state index in [4.69, 9.17) is 9.53 Å². The topological polar surface area (TPSA) is 46.5 Å². The van der Waals surface area contributed by atoms with Gasteiger partial charge in [-0.05, 0) is 60.8 Å². The summed E-state index contributed by atoms with van der Waals surface area (Å²) in [5.74, 6) is 0.0648. The van der Waals surface area contributed by atoms with Crippen molar-refractivity contribution in [3.8, 4) is 5.75 Å². The Morgan fingerprint density at radius 1 is 1.20 bits per heavy atom. The van der Waals surface area contributed by atoms with Gasteiger partial charge in [0.15, 0.2) is 0 Å². The smallest absolute Gasteiger partial charge is 0.307 e. The molecule has 0 unspecified atom stereocenters. The number of hydrogen-bond donors (Lipinski definition) is 1. The van der Waals surface area contributed by atoms with Gasteiger partial charge in [0.2, 0.25) is 8.32 Å². The van der Waals surface area contributed by atoms with Crippen molar-refractivity contribution in [1.82, 2.24) is 0 Å². The molecule has 0 saturated carbocycles. The highest BCUT2D eigenvalue weighted by atomic mass is 28.4. The Morgan fingerprint density at radius 2 is 1.65 bits per heavy atom. The van der Waals surface area contributed by atoms with Crippen molar-refractivity contribution in [3.05, 3.63) is 28.8 Å². The Balaban J connectivity index is 3.09. The predicted molar refractivity (Wildman–Crippen MR) is 85.1 cm³/mol. The highest BCUT2D eigenvalue weighted by molar-refractivity contribution is 6.74. The lowest BCUT2D eigenvalue weighted by atomic mass is 10.00. The number of carbonyl (C=O) groups is 1. The fourth-order valence-corrected chi connectivity index (χ4v) is 2.90. The average molecular weight is 294 g/mol. The zero-order valence-electron chi connectivity index (χ0n) is 13.6. The first kappa shape index (κ1) is 16.8. The molecule has 20 heavy (non-hydrogen) atoms. The lowest BCUT2D eigenvalue weighted by Crippen LogP contribution is -2.43. The molecule has 0 aliphatic rings. The van der Waals surface area contributed by atoms with Crippen molar-refractivity contribution < 1.29 is 14.3 Å². The number of carboxylic acids is 1. The Kier molecular flexibility index (Phi) is 4.69. The first-order chi connectivity index (χ1) is 8.94. The quantitative estimate of drug-likeness (QED) is 0.841. The van der Waals surface area contributed by atoms with E-state index in [1.165, 1.54) is 0 Å². The highest BCUT2D eigenvalue weighted by Crippen LogP contribution is 2.38. The molecule has 0 spiro atoms. The summed E-state index contributed by atoms with van der Waals surface area (Å²) in [7, 11) is -1.86.